The van der Waals surface area contributed by atoms with Crippen molar-refractivity contribution in [1.82, 2.24) is 0 Å². The minimum absolute atomic E-state index is 0.0513. The molecule has 0 bridgehead atoms. The monoisotopic (exact) mass is 776 g/mol. The molecule has 5 aromatic rings. The highest BCUT2D eigenvalue weighted by Gasteiger charge is 2.19. The number of benzene rings is 4. The molecule has 0 amide bonds. The Labute approximate surface area is 329 Å². The van der Waals surface area contributed by atoms with Crippen LogP contribution in [0, 0.1) is 20.8 Å². The highest BCUT2D eigenvalue weighted by molar-refractivity contribution is 7.85. The molecule has 0 spiro atoms. The van der Waals surface area contributed by atoms with E-state index in [0.29, 0.717) is 19.1 Å². The van der Waals surface area contributed by atoms with Crippen LogP contribution in [0.2, 0.25) is 0 Å². The Bertz CT molecular complexity index is 2210. The Kier molecular flexibility index (Phi) is 14.2. The van der Waals surface area contributed by atoms with E-state index in [0.717, 1.165) is 63.3 Å². The first-order valence-corrected chi connectivity index (χ1v) is 20.4. The minimum atomic E-state index is -4.05. The molecule has 55 heavy (non-hydrogen) atoms. The van der Waals surface area contributed by atoms with Gasteiger partial charge < -0.3 is 20.1 Å². The van der Waals surface area contributed by atoms with Crippen molar-refractivity contribution >= 4 is 61.3 Å². The number of rotatable bonds is 8. The van der Waals surface area contributed by atoms with Crippen molar-refractivity contribution in [3.63, 3.8) is 0 Å². The van der Waals surface area contributed by atoms with Crippen LogP contribution in [0.25, 0.3) is 0 Å². The number of nitrogens with one attached hydrogen (secondary N) is 2. The van der Waals surface area contributed by atoms with E-state index >= 15 is 0 Å². The lowest BCUT2D eigenvalue weighted by Gasteiger charge is -2.15. The maximum atomic E-state index is 10.7. The Balaban J connectivity index is 0.000000190. The zero-order valence-corrected chi connectivity index (χ0v) is 33.7. The fourth-order valence-electron chi connectivity index (χ4n) is 5.49. The van der Waals surface area contributed by atoms with Crippen LogP contribution < -0.4 is 20.1 Å². The maximum Gasteiger partial charge on any atom is 0.294 e. The van der Waals surface area contributed by atoms with Gasteiger partial charge in [-0.2, -0.15) is 8.42 Å². The quantitative estimate of drug-likeness (QED) is 0.106. The van der Waals surface area contributed by atoms with Gasteiger partial charge in [-0.25, -0.2) is 9.98 Å². The summed E-state index contributed by atoms with van der Waals surface area (Å²) in [7, 11) is -2.14. The van der Waals surface area contributed by atoms with Crippen molar-refractivity contribution in [3.05, 3.63) is 142 Å². The second-order valence-electron chi connectivity index (χ2n) is 13.0. The molecule has 1 aliphatic carbocycles. The molecular weight excluding hydrogens is 729 g/mol. The summed E-state index contributed by atoms with van der Waals surface area (Å²) in [6, 6.07) is 30.8. The summed E-state index contributed by atoms with van der Waals surface area (Å²) in [6.45, 7) is 11.7. The maximum absolute atomic E-state index is 10.7. The van der Waals surface area contributed by atoms with Crippen molar-refractivity contribution in [2.24, 2.45) is 9.98 Å². The van der Waals surface area contributed by atoms with Crippen molar-refractivity contribution in [3.8, 4) is 11.5 Å². The van der Waals surface area contributed by atoms with Crippen molar-refractivity contribution in [2.75, 3.05) is 30.9 Å². The summed E-state index contributed by atoms with van der Waals surface area (Å²) in [5, 5.41) is 6.52. The molecule has 0 radical (unpaired) electrons. The standard InChI is InChI=1S/C26H24N4.C10H14O3S.C8H10O2S/c1-19-3-5-21(6-4-19)28-23-11-13-25(14-12-23)30-26-17-15-24(16-18-26)29-22-9-7-20(27-2)8-10-22;1-3-8(2)9-4-6-10(7-5-9)14(11,12)13;1-5-7-8(6(2)11-5)10-4-3-9-7/h3-18,27,29H,1-2H3;4-8H,3H2,1-2H3,(H,11,12,13);3-4H2,1-2H3. The van der Waals surface area contributed by atoms with Crippen molar-refractivity contribution in [1.29, 1.82) is 0 Å². The molecule has 4 aromatic carbocycles. The molecule has 1 unspecified atom stereocenters. The third kappa shape index (κ3) is 12.0. The molecule has 11 heteroatoms. The van der Waals surface area contributed by atoms with E-state index in [9.17, 15) is 8.42 Å². The number of hydrogen-bond acceptors (Lipinski definition) is 9. The summed E-state index contributed by atoms with van der Waals surface area (Å²) >= 11 is 1.74. The van der Waals surface area contributed by atoms with Gasteiger partial charge in [0.2, 0.25) is 0 Å². The van der Waals surface area contributed by atoms with E-state index in [4.69, 9.17) is 19.0 Å². The second kappa shape index (κ2) is 19.2. The molecule has 0 saturated heterocycles. The van der Waals surface area contributed by atoms with E-state index in [-0.39, 0.29) is 4.90 Å². The minimum Gasteiger partial charge on any atom is -0.485 e. The number of aryl methyl sites for hydroxylation is 3. The van der Waals surface area contributed by atoms with Gasteiger partial charge in [-0.1, -0.05) is 43.7 Å². The molecular formula is C44H48N4O5S2. The lowest BCUT2D eigenvalue weighted by Crippen LogP contribution is -2.14. The smallest absolute Gasteiger partial charge is 0.294 e. The van der Waals surface area contributed by atoms with Gasteiger partial charge in [0.25, 0.3) is 10.1 Å². The Morgan fingerprint density at radius 3 is 1.56 bits per heavy atom. The SMILES string of the molecule is CCC(C)c1ccc(S(=O)(=O)O)cc1.CNc1ccc(Nc2ccc(N=C3C=CC(=Nc4ccc(C)cc4)C=C3)cc2)cc1.Cc1sc(C)c2c1OCCO2. The molecule has 2 aliphatic rings. The van der Waals surface area contributed by atoms with Gasteiger partial charge >= 0.3 is 0 Å². The normalized spacial score (nSPS) is 13.4. The van der Waals surface area contributed by atoms with Gasteiger partial charge in [0.15, 0.2) is 11.5 Å². The molecule has 1 aromatic heterocycles. The van der Waals surface area contributed by atoms with Gasteiger partial charge in [0, 0.05) is 33.9 Å². The summed E-state index contributed by atoms with van der Waals surface area (Å²) in [4.78, 5) is 11.7. The van der Waals surface area contributed by atoms with Gasteiger partial charge in [0.1, 0.15) is 13.2 Å². The molecule has 2 heterocycles. The molecule has 1 atom stereocenters. The van der Waals surface area contributed by atoms with E-state index in [2.05, 4.69) is 62.4 Å². The van der Waals surface area contributed by atoms with Crippen LogP contribution in [-0.4, -0.2) is 44.7 Å². The van der Waals surface area contributed by atoms with E-state index in [1.54, 1.807) is 23.5 Å². The number of aliphatic imine (C=N–C) groups is 2. The van der Waals surface area contributed by atoms with Crippen molar-refractivity contribution < 1.29 is 22.4 Å². The molecule has 0 fully saturated rings. The number of fused-ring (bicyclic) bond motifs is 1. The molecule has 0 saturated carbocycles. The zero-order chi connectivity index (χ0) is 39.4. The third-order valence-corrected chi connectivity index (χ3v) is 10.7. The van der Waals surface area contributed by atoms with Gasteiger partial charge in [0.05, 0.1) is 27.7 Å². The number of ether oxygens (including phenoxy) is 2. The zero-order valence-electron chi connectivity index (χ0n) is 32.0. The van der Waals surface area contributed by atoms with E-state index in [1.165, 1.54) is 27.5 Å². The van der Waals surface area contributed by atoms with Gasteiger partial charge in [-0.3, -0.25) is 4.55 Å². The third-order valence-electron chi connectivity index (χ3n) is 8.82. The van der Waals surface area contributed by atoms with Gasteiger partial charge in [-0.15, -0.1) is 11.3 Å². The fourth-order valence-corrected chi connectivity index (χ4v) is 6.92. The average molecular weight is 777 g/mol. The number of allylic oxidation sites excluding steroid dienone is 4. The Morgan fingerprint density at radius 1 is 0.691 bits per heavy atom. The topological polar surface area (TPSA) is 122 Å². The first-order chi connectivity index (χ1) is 26.4. The van der Waals surface area contributed by atoms with Gasteiger partial charge in [-0.05, 0) is 136 Å². The lowest BCUT2D eigenvalue weighted by atomic mass is 9.99. The van der Waals surface area contributed by atoms with E-state index in [1.807, 2.05) is 92.0 Å². The summed E-state index contributed by atoms with van der Waals surface area (Å²) in [5.74, 6) is 2.32. The molecule has 7 rings (SSSR count). The molecule has 9 nitrogen and oxygen atoms in total. The van der Waals surface area contributed by atoms with Crippen LogP contribution in [0.15, 0.2) is 136 Å². The molecule has 286 valence electrons. The predicted molar refractivity (Wildman–Crippen MR) is 229 cm³/mol. The van der Waals surface area contributed by atoms with Crippen LogP contribution >= 0.6 is 11.3 Å². The van der Waals surface area contributed by atoms with E-state index < -0.39 is 10.1 Å². The highest BCUT2D eigenvalue weighted by atomic mass is 32.2. The highest BCUT2D eigenvalue weighted by Crippen LogP contribution is 2.42. The predicted octanol–water partition coefficient (Wildman–Crippen LogP) is 11.3. The van der Waals surface area contributed by atoms with Crippen LogP contribution in [-0.2, 0) is 10.1 Å². The molecule has 1 aliphatic heterocycles. The summed E-state index contributed by atoms with van der Waals surface area (Å²) in [5.41, 5.74) is 9.17. The number of hydrogen-bond donors (Lipinski definition) is 3. The number of thiophene rings is 1. The average Bonchev–Trinajstić information content (AvgIpc) is 3.49. The first-order valence-electron chi connectivity index (χ1n) is 18.1. The Hall–Kier alpha value is -5.49. The first kappa shape index (κ1) is 40.7. The number of anilines is 3. The van der Waals surface area contributed by atoms with Crippen molar-refractivity contribution in [2.45, 2.75) is 51.9 Å². The summed E-state index contributed by atoms with van der Waals surface area (Å²) < 4.78 is 41.1. The lowest BCUT2D eigenvalue weighted by molar-refractivity contribution is 0.171. The second-order valence-corrected chi connectivity index (χ2v) is 15.8. The Morgan fingerprint density at radius 2 is 1.13 bits per heavy atom. The van der Waals surface area contributed by atoms with Crippen LogP contribution in [0.5, 0.6) is 11.5 Å². The number of nitrogens with zero attached hydrogens (tertiary/aromatic N) is 2. The van der Waals surface area contributed by atoms with Crippen LogP contribution in [0.1, 0.15) is 47.1 Å². The molecule has 3 N–H and O–H groups in total. The largest absolute Gasteiger partial charge is 0.485 e. The fraction of sp³-hybridized carbons (Fsp3) is 0.227. The summed E-state index contributed by atoms with van der Waals surface area (Å²) in [6.07, 6.45) is 8.96. The van der Waals surface area contributed by atoms with Crippen LogP contribution in [0.3, 0.4) is 0 Å². The van der Waals surface area contributed by atoms with Crippen LogP contribution in [0.4, 0.5) is 28.4 Å².